The van der Waals surface area contributed by atoms with Crippen molar-refractivity contribution in [3.63, 3.8) is 0 Å². The zero-order valence-electron chi connectivity index (χ0n) is 11.1. The van der Waals surface area contributed by atoms with E-state index < -0.39 is 0 Å². The van der Waals surface area contributed by atoms with Crippen LogP contribution in [0.2, 0.25) is 0 Å². The molecule has 0 aromatic carbocycles. The largest absolute Gasteiger partial charge is 0.310 e. The van der Waals surface area contributed by atoms with Gasteiger partial charge in [0.15, 0.2) is 0 Å². The van der Waals surface area contributed by atoms with E-state index in [1.807, 2.05) is 22.7 Å². The maximum Gasteiger partial charge on any atom is 0.0561 e. The van der Waals surface area contributed by atoms with E-state index in [-0.39, 0.29) is 0 Å². The molecular formula is C14H20N2S2. The first-order valence-electron chi connectivity index (χ1n) is 6.12. The quantitative estimate of drug-likeness (QED) is 0.871. The van der Waals surface area contributed by atoms with Crippen molar-refractivity contribution < 1.29 is 0 Å². The zero-order chi connectivity index (χ0) is 13.0. The van der Waals surface area contributed by atoms with Gasteiger partial charge in [0.05, 0.1) is 6.04 Å². The topological polar surface area (TPSA) is 15.3 Å². The Kier molecular flexibility index (Phi) is 4.95. The summed E-state index contributed by atoms with van der Waals surface area (Å²) in [6.45, 7) is 4.11. The second-order valence-corrected chi connectivity index (χ2v) is 6.99. The van der Waals surface area contributed by atoms with E-state index in [2.05, 4.69) is 60.9 Å². The Morgan fingerprint density at radius 3 is 2.67 bits per heavy atom. The molecule has 2 aromatic heterocycles. The van der Waals surface area contributed by atoms with Crippen LogP contribution < -0.4 is 5.32 Å². The molecule has 0 amide bonds. The Morgan fingerprint density at radius 2 is 2.11 bits per heavy atom. The lowest BCUT2D eigenvalue weighted by atomic mass is 10.2. The second kappa shape index (κ2) is 6.48. The number of aryl methyl sites for hydroxylation is 1. The van der Waals surface area contributed by atoms with E-state index in [0.717, 1.165) is 13.1 Å². The number of nitrogens with one attached hydrogen (secondary N) is 1. The summed E-state index contributed by atoms with van der Waals surface area (Å²) in [5, 5.41) is 5.71. The Hall–Kier alpha value is -0.680. The van der Waals surface area contributed by atoms with E-state index in [9.17, 15) is 0 Å². The van der Waals surface area contributed by atoms with Gasteiger partial charge in [-0.25, -0.2) is 0 Å². The fraction of sp³-hybridized carbons (Fsp3) is 0.429. The van der Waals surface area contributed by atoms with Crippen molar-refractivity contribution in [2.45, 2.75) is 19.5 Å². The molecule has 1 atom stereocenters. The predicted octanol–water partition coefficient (Wildman–Crippen LogP) is 3.51. The van der Waals surface area contributed by atoms with E-state index in [1.54, 1.807) is 0 Å². The van der Waals surface area contributed by atoms with Crippen LogP contribution in [0.15, 0.2) is 29.6 Å². The van der Waals surface area contributed by atoms with Gasteiger partial charge in [0.2, 0.25) is 0 Å². The van der Waals surface area contributed by atoms with Crippen LogP contribution in [0.4, 0.5) is 0 Å². The van der Waals surface area contributed by atoms with Crippen LogP contribution in [-0.2, 0) is 6.54 Å². The van der Waals surface area contributed by atoms with Gasteiger partial charge in [-0.05, 0) is 44.6 Å². The van der Waals surface area contributed by atoms with Gasteiger partial charge in [0, 0.05) is 27.7 Å². The van der Waals surface area contributed by atoms with E-state index in [4.69, 9.17) is 0 Å². The minimum atomic E-state index is 0.464. The van der Waals surface area contributed by atoms with Crippen LogP contribution in [0.5, 0.6) is 0 Å². The Balaban J connectivity index is 1.87. The van der Waals surface area contributed by atoms with Gasteiger partial charge in [-0.1, -0.05) is 6.07 Å². The van der Waals surface area contributed by atoms with Crippen LogP contribution in [0.1, 0.15) is 20.7 Å². The molecule has 0 saturated heterocycles. The summed E-state index contributed by atoms with van der Waals surface area (Å²) >= 11 is 3.70. The molecule has 2 rings (SSSR count). The monoisotopic (exact) mass is 280 g/mol. The molecule has 98 valence electrons. The van der Waals surface area contributed by atoms with Crippen LogP contribution in [0.3, 0.4) is 0 Å². The third-order valence-corrected chi connectivity index (χ3v) is 4.90. The van der Waals surface area contributed by atoms with E-state index in [0.29, 0.717) is 6.04 Å². The molecule has 18 heavy (non-hydrogen) atoms. The van der Waals surface area contributed by atoms with Crippen molar-refractivity contribution in [2.24, 2.45) is 0 Å². The van der Waals surface area contributed by atoms with Crippen molar-refractivity contribution in [3.05, 3.63) is 44.3 Å². The van der Waals surface area contributed by atoms with Crippen molar-refractivity contribution in [3.8, 4) is 0 Å². The highest BCUT2D eigenvalue weighted by molar-refractivity contribution is 7.11. The fourth-order valence-corrected chi connectivity index (χ4v) is 3.71. The number of rotatable bonds is 6. The maximum atomic E-state index is 3.56. The molecule has 0 spiro atoms. The lowest BCUT2D eigenvalue weighted by Crippen LogP contribution is -2.30. The van der Waals surface area contributed by atoms with Crippen LogP contribution in [-0.4, -0.2) is 25.5 Å². The lowest BCUT2D eigenvalue weighted by molar-refractivity contribution is 0.292. The number of nitrogens with zero attached hydrogens (tertiary/aromatic N) is 1. The molecule has 2 aromatic rings. The Morgan fingerprint density at radius 1 is 1.28 bits per heavy atom. The molecule has 0 bridgehead atoms. The Labute approximate surface area is 117 Å². The fourth-order valence-electron chi connectivity index (χ4n) is 1.93. The molecule has 2 nitrogen and oxygen atoms in total. The van der Waals surface area contributed by atoms with Gasteiger partial charge in [-0.15, -0.1) is 22.7 Å². The average molecular weight is 280 g/mol. The van der Waals surface area contributed by atoms with E-state index >= 15 is 0 Å². The average Bonchev–Trinajstić information content (AvgIpc) is 2.95. The Bertz CT molecular complexity index is 460. The minimum Gasteiger partial charge on any atom is -0.310 e. The van der Waals surface area contributed by atoms with Crippen molar-refractivity contribution in [1.82, 2.24) is 10.2 Å². The molecule has 4 heteroatoms. The first-order valence-corrected chi connectivity index (χ1v) is 7.82. The first kappa shape index (κ1) is 13.7. The van der Waals surface area contributed by atoms with E-state index in [1.165, 1.54) is 14.6 Å². The maximum absolute atomic E-state index is 3.56. The second-order valence-electron chi connectivity index (χ2n) is 4.64. The summed E-state index contributed by atoms with van der Waals surface area (Å²) in [6, 6.07) is 9.20. The van der Waals surface area contributed by atoms with Gasteiger partial charge in [0.25, 0.3) is 0 Å². The third-order valence-electron chi connectivity index (χ3n) is 2.93. The van der Waals surface area contributed by atoms with Gasteiger partial charge in [-0.3, -0.25) is 0 Å². The van der Waals surface area contributed by atoms with Crippen LogP contribution >= 0.6 is 22.7 Å². The van der Waals surface area contributed by atoms with Crippen LogP contribution in [0, 0.1) is 6.92 Å². The summed E-state index contributed by atoms with van der Waals surface area (Å²) in [5.41, 5.74) is 0. The van der Waals surface area contributed by atoms with Gasteiger partial charge in [0.1, 0.15) is 0 Å². The summed E-state index contributed by atoms with van der Waals surface area (Å²) in [5.74, 6) is 0. The number of hydrogen-bond acceptors (Lipinski definition) is 4. The standard InChI is InChI=1S/C14H20N2S2/c1-11-6-7-12(18-11)9-15-10-13(16(2)3)14-5-4-8-17-14/h4-8,13,15H,9-10H2,1-3H3. The molecule has 1 unspecified atom stereocenters. The molecular weight excluding hydrogens is 260 g/mol. The third kappa shape index (κ3) is 3.65. The molecule has 0 aliphatic rings. The number of thiophene rings is 2. The smallest absolute Gasteiger partial charge is 0.0561 e. The SMILES string of the molecule is Cc1ccc(CNCC(c2cccs2)N(C)C)s1. The summed E-state index contributed by atoms with van der Waals surface area (Å²) in [4.78, 5) is 6.50. The highest BCUT2D eigenvalue weighted by atomic mass is 32.1. The predicted molar refractivity (Wildman–Crippen MR) is 81.5 cm³/mol. The summed E-state index contributed by atoms with van der Waals surface area (Å²) in [7, 11) is 4.28. The molecule has 2 heterocycles. The summed E-state index contributed by atoms with van der Waals surface area (Å²) in [6.07, 6.45) is 0. The van der Waals surface area contributed by atoms with Gasteiger partial charge >= 0.3 is 0 Å². The molecule has 0 fully saturated rings. The number of hydrogen-bond donors (Lipinski definition) is 1. The normalized spacial score (nSPS) is 13.1. The van der Waals surface area contributed by atoms with Crippen molar-refractivity contribution in [2.75, 3.05) is 20.6 Å². The molecule has 1 N–H and O–H groups in total. The molecule has 0 aliphatic heterocycles. The lowest BCUT2D eigenvalue weighted by Gasteiger charge is -2.23. The molecule has 0 aliphatic carbocycles. The highest BCUT2D eigenvalue weighted by Gasteiger charge is 2.14. The van der Waals surface area contributed by atoms with Gasteiger partial charge in [-0.2, -0.15) is 0 Å². The number of likely N-dealkylation sites (N-methyl/N-ethyl adjacent to an activating group) is 1. The molecule has 0 radical (unpaired) electrons. The first-order chi connectivity index (χ1) is 8.66. The minimum absolute atomic E-state index is 0.464. The van der Waals surface area contributed by atoms with Crippen LogP contribution in [0.25, 0.3) is 0 Å². The summed E-state index contributed by atoms with van der Waals surface area (Å²) < 4.78 is 0. The van der Waals surface area contributed by atoms with Crippen molar-refractivity contribution in [1.29, 1.82) is 0 Å². The van der Waals surface area contributed by atoms with Crippen molar-refractivity contribution >= 4 is 22.7 Å². The highest BCUT2D eigenvalue weighted by Crippen LogP contribution is 2.22. The zero-order valence-corrected chi connectivity index (χ0v) is 12.8. The van der Waals surface area contributed by atoms with Gasteiger partial charge < -0.3 is 10.2 Å². The molecule has 0 saturated carbocycles.